The van der Waals surface area contributed by atoms with Gasteiger partial charge in [-0.15, -0.1) is 0 Å². The smallest absolute Gasteiger partial charge is 0.220 e. The Kier molecular flexibility index (Phi) is 4.22. The summed E-state index contributed by atoms with van der Waals surface area (Å²) < 4.78 is 5.48. The first-order chi connectivity index (χ1) is 15.8. The molecule has 0 fully saturated rings. The highest BCUT2D eigenvalue weighted by molar-refractivity contribution is 6.01. The predicted octanol–water partition coefficient (Wildman–Crippen LogP) is 6.88. The number of aromatic nitrogens is 2. The van der Waals surface area contributed by atoms with Crippen LogP contribution < -0.4 is 0 Å². The highest BCUT2D eigenvalue weighted by Gasteiger charge is 2.17. The molecule has 32 heavy (non-hydrogen) atoms. The van der Waals surface area contributed by atoms with Crippen molar-refractivity contribution in [3.63, 3.8) is 0 Å². The van der Waals surface area contributed by atoms with Crippen LogP contribution in [0.4, 0.5) is 0 Å². The van der Waals surface area contributed by atoms with Crippen molar-refractivity contribution in [2.75, 3.05) is 0 Å². The van der Waals surface area contributed by atoms with E-state index in [-0.39, 0.29) is 5.88 Å². The second-order valence-corrected chi connectivity index (χ2v) is 7.60. The molecular formula is C28H17N2O2. The molecule has 0 amide bonds. The Bertz CT molecular complexity index is 1570. The Morgan fingerprint density at radius 3 is 2.47 bits per heavy atom. The van der Waals surface area contributed by atoms with Crippen LogP contribution in [-0.2, 0) is 0 Å². The molecule has 0 unspecified atom stereocenters. The fourth-order valence-corrected chi connectivity index (χ4v) is 4.09. The van der Waals surface area contributed by atoms with Gasteiger partial charge in [-0.25, -0.2) is 9.97 Å². The van der Waals surface area contributed by atoms with Gasteiger partial charge in [0.25, 0.3) is 0 Å². The molecule has 151 valence electrons. The van der Waals surface area contributed by atoms with E-state index in [2.05, 4.69) is 17.1 Å². The summed E-state index contributed by atoms with van der Waals surface area (Å²) in [6.07, 6.45) is 3.35. The van der Waals surface area contributed by atoms with Crippen molar-refractivity contribution in [3.8, 4) is 39.4 Å². The number of furan rings is 1. The zero-order valence-electron chi connectivity index (χ0n) is 17.0. The third kappa shape index (κ3) is 3.01. The monoisotopic (exact) mass is 413 g/mol. The van der Waals surface area contributed by atoms with Crippen LogP contribution in [-0.4, -0.2) is 15.1 Å². The van der Waals surface area contributed by atoms with Crippen LogP contribution in [0.15, 0.2) is 102 Å². The minimum Gasteiger partial charge on any atom is -0.493 e. The van der Waals surface area contributed by atoms with Crippen LogP contribution in [0.2, 0.25) is 0 Å². The summed E-state index contributed by atoms with van der Waals surface area (Å²) in [4.78, 5) is 9.37. The Morgan fingerprint density at radius 2 is 1.62 bits per heavy atom. The largest absolute Gasteiger partial charge is 0.493 e. The average Bonchev–Trinajstić information content (AvgIpc) is 3.33. The number of aromatic hydroxyl groups is 1. The first-order valence-corrected chi connectivity index (χ1v) is 10.3. The van der Waals surface area contributed by atoms with Crippen LogP contribution in [0.3, 0.4) is 0 Å². The molecule has 0 aliphatic carbocycles. The first-order valence-electron chi connectivity index (χ1n) is 10.3. The van der Waals surface area contributed by atoms with Gasteiger partial charge < -0.3 is 9.52 Å². The minimum atomic E-state index is -0.0363. The fraction of sp³-hybridized carbons (Fsp3) is 0. The molecular weight excluding hydrogens is 396 g/mol. The van der Waals surface area contributed by atoms with Crippen LogP contribution in [0.1, 0.15) is 0 Å². The fourth-order valence-electron chi connectivity index (χ4n) is 4.09. The molecule has 6 rings (SSSR count). The van der Waals surface area contributed by atoms with E-state index in [0.717, 1.165) is 44.5 Å². The summed E-state index contributed by atoms with van der Waals surface area (Å²) in [7, 11) is 0. The summed E-state index contributed by atoms with van der Waals surface area (Å²) in [6.45, 7) is 0. The maximum absolute atomic E-state index is 10.6. The molecule has 0 atom stereocenters. The predicted molar refractivity (Wildman–Crippen MR) is 126 cm³/mol. The second kappa shape index (κ2) is 7.36. The lowest BCUT2D eigenvalue weighted by Crippen LogP contribution is -1.95. The van der Waals surface area contributed by atoms with Crippen LogP contribution in [0.5, 0.6) is 5.88 Å². The van der Waals surface area contributed by atoms with Crippen LogP contribution in [0, 0.1) is 6.07 Å². The van der Waals surface area contributed by atoms with Crippen molar-refractivity contribution >= 4 is 21.9 Å². The second-order valence-electron chi connectivity index (χ2n) is 7.60. The quantitative estimate of drug-likeness (QED) is 0.343. The normalized spacial score (nSPS) is 11.2. The van der Waals surface area contributed by atoms with Crippen LogP contribution >= 0.6 is 0 Å². The van der Waals surface area contributed by atoms with Gasteiger partial charge in [-0.3, -0.25) is 0 Å². The average molecular weight is 413 g/mol. The molecule has 4 nitrogen and oxygen atoms in total. The maximum Gasteiger partial charge on any atom is 0.220 e. The van der Waals surface area contributed by atoms with Gasteiger partial charge in [0.15, 0.2) is 0 Å². The lowest BCUT2D eigenvalue weighted by molar-refractivity contribution is 0.460. The maximum atomic E-state index is 10.6. The van der Waals surface area contributed by atoms with E-state index in [9.17, 15) is 5.11 Å². The van der Waals surface area contributed by atoms with Gasteiger partial charge in [-0.2, -0.15) is 0 Å². The van der Waals surface area contributed by atoms with E-state index in [1.54, 1.807) is 12.5 Å². The Hall–Kier alpha value is -4.44. The molecule has 1 radical (unpaired) electrons. The zero-order chi connectivity index (χ0) is 21.5. The molecule has 1 N–H and O–H groups in total. The van der Waals surface area contributed by atoms with E-state index >= 15 is 0 Å². The van der Waals surface area contributed by atoms with Crippen molar-refractivity contribution in [2.24, 2.45) is 0 Å². The van der Waals surface area contributed by atoms with Gasteiger partial charge in [0.2, 0.25) is 5.88 Å². The molecule has 0 bridgehead atoms. The van der Waals surface area contributed by atoms with Gasteiger partial charge in [-0.1, -0.05) is 60.7 Å². The van der Waals surface area contributed by atoms with Gasteiger partial charge in [0, 0.05) is 28.3 Å². The van der Waals surface area contributed by atoms with Crippen molar-refractivity contribution in [1.82, 2.24) is 9.97 Å². The first kappa shape index (κ1) is 18.3. The number of hydrogen-bond acceptors (Lipinski definition) is 4. The third-order valence-corrected chi connectivity index (χ3v) is 5.67. The standard InChI is InChI=1S/C28H17N2O2/c31-28-23-16-22(18-7-3-1-4-8-18)26(19-9-5-2-6-10-19)30-27(23)24(17-29-28)20-11-12-25-21(15-20)13-14-32-25/h1,3-17H,(H,29,31). The van der Waals surface area contributed by atoms with Crippen molar-refractivity contribution in [3.05, 3.63) is 103 Å². The molecule has 3 heterocycles. The zero-order valence-corrected chi connectivity index (χ0v) is 17.0. The highest BCUT2D eigenvalue weighted by Crippen LogP contribution is 2.39. The highest BCUT2D eigenvalue weighted by atomic mass is 16.3. The number of hydrogen-bond donors (Lipinski definition) is 1. The number of benzene rings is 3. The van der Waals surface area contributed by atoms with E-state index in [0.29, 0.717) is 10.9 Å². The van der Waals surface area contributed by atoms with Gasteiger partial charge >= 0.3 is 0 Å². The molecule has 4 heteroatoms. The summed E-state index contributed by atoms with van der Waals surface area (Å²) in [6, 6.07) is 30.8. The number of pyridine rings is 2. The van der Waals surface area contributed by atoms with E-state index in [1.165, 1.54) is 0 Å². The number of rotatable bonds is 3. The Balaban J connectivity index is 1.68. The summed E-state index contributed by atoms with van der Waals surface area (Å²) in [5.41, 5.74) is 7.12. The molecule has 0 saturated carbocycles. The lowest BCUT2D eigenvalue weighted by Gasteiger charge is -2.14. The molecule has 0 saturated heterocycles. The minimum absolute atomic E-state index is 0.0363. The van der Waals surface area contributed by atoms with Gasteiger partial charge in [0.1, 0.15) is 5.58 Å². The van der Waals surface area contributed by atoms with Gasteiger partial charge in [0.05, 0.1) is 22.9 Å². The third-order valence-electron chi connectivity index (χ3n) is 5.67. The van der Waals surface area contributed by atoms with Gasteiger partial charge in [-0.05, 0) is 41.5 Å². The SMILES string of the molecule is Oc1ncc(-c2ccc3occc3c2)c2nc(-c3cc[c]cc3)c(-c3ccccc3)cc12. The molecule has 3 aromatic heterocycles. The van der Waals surface area contributed by atoms with Crippen LogP contribution in [0.25, 0.3) is 55.4 Å². The topological polar surface area (TPSA) is 59.2 Å². The van der Waals surface area contributed by atoms with Crippen molar-refractivity contribution < 1.29 is 9.52 Å². The molecule has 6 aromatic rings. The Labute approximate surface area is 184 Å². The van der Waals surface area contributed by atoms with E-state index < -0.39 is 0 Å². The molecule has 3 aromatic carbocycles. The molecule has 0 aliphatic heterocycles. The number of nitrogens with zero attached hydrogens (tertiary/aromatic N) is 2. The lowest BCUT2D eigenvalue weighted by atomic mass is 9.96. The van der Waals surface area contributed by atoms with E-state index in [1.807, 2.05) is 78.9 Å². The summed E-state index contributed by atoms with van der Waals surface area (Å²) in [5, 5.41) is 12.3. The molecule has 0 aliphatic rings. The molecule has 0 spiro atoms. The number of fused-ring (bicyclic) bond motifs is 2. The summed E-state index contributed by atoms with van der Waals surface area (Å²) >= 11 is 0. The summed E-state index contributed by atoms with van der Waals surface area (Å²) in [5.74, 6) is -0.0363. The van der Waals surface area contributed by atoms with Crippen molar-refractivity contribution in [2.45, 2.75) is 0 Å². The van der Waals surface area contributed by atoms with E-state index in [4.69, 9.17) is 9.40 Å². The Morgan fingerprint density at radius 1 is 0.781 bits per heavy atom. The van der Waals surface area contributed by atoms with Crippen molar-refractivity contribution in [1.29, 1.82) is 0 Å².